The molecule has 1 aliphatic rings. The maximum Gasteiger partial charge on any atom is 0.233 e. The van der Waals surface area contributed by atoms with Gasteiger partial charge in [0, 0.05) is 24.8 Å². The van der Waals surface area contributed by atoms with Gasteiger partial charge in [0.2, 0.25) is 12.7 Å². The van der Waals surface area contributed by atoms with Crippen molar-refractivity contribution in [3.8, 4) is 28.6 Å². The van der Waals surface area contributed by atoms with Crippen LogP contribution in [-0.2, 0) is 11.3 Å². The number of para-hydroxylation sites is 1. The number of rotatable bonds is 7. The van der Waals surface area contributed by atoms with Gasteiger partial charge in [0.25, 0.3) is 0 Å². The smallest absolute Gasteiger partial charge is 0.233 e. The monoisotopic (exact) mass is 472 g/mol. The summed E-state index contributed by atoms with van der Waals surface area (Å²) in [4.78, 5) is 14.6. The van der Waals surface area contributed by atoms with Crippen LogP contribution in [0.5, 0.6) is 11.5 Å². The lowest BCUT2D eigenvalue weighted by Crippen LogP contribution is -2.28. The van der Waals surface area contributed by atoms with Gasteiger partial charge >= 0.3 is 0 Å². The van der Waals surface area contributed by atoms with Crippen molar-refractivity contribution in [1.29, 1.82) is 0 Å². The highest BCUT2D eigenvalue weighted by atomic mass is 32.2. The van der Waals surface area contributed by atoms with Gasteiger partial charge in [0.1, 0.15) is 0 Å². The first kappa shape index (κ1) is 22.0. The molecule has 172 valence electrons. The standard InChI is InChI=1S/C26H24N4O3S/c1-18-8-6-7-9-20(18)15-29(2)24(31)16-34-26-28-27-25(30(26)21-10-4-3-5-11-21)19-12-13-22-23(14-19)33-17-32-22/h3-14H,15-17H2,1-2H3. The highest BCUT2D eigenvalue weighted by Crippen LogP contribution is 2.37. The van der Waals surface area contributed by atoms with Gasteiger partial charge < -0.3 is 14.4 Å². The Kier molecular flexibility index (Phi) is 6.22. The fourth-order valence-electron chi connectivity index (χ4n) is 3.76. The van der Waals surface area contributed by atoms with Crippen molar-refractivity contribution in [2.75, 3.05) is 19.6 Å². The highest BCUT2D eigenvalue weighted by molar-refractivity contribution is 7.99. The van der Waals surface area contributed by atoms with Crippen LogP contribution in [0.25, 0.3) is 17.1 Å². The van der Waals surface area contributed by atoms with Crippen LogP contribution in [0.4, 0.5) is 0 Å². The van der Waals surface area contributed by atoms with Crippen molar-refractivity contribution in [2.45, 2.75) is 18.6 Å². The summed E-state index contributed by atoms with van der Waals surface area (Å²) in [5.74, 6) is 2.36. The zero-order chi connectivity index (χ0) is 23.5. The lowest BCUT2D eigenvalue weighted by atomic mass is 10.1. The Morgan fingerprint density at radius 1 is 1.00 bits per heavy atom. The summed E-state index contributed by atoms with van der Waals surface area (Å²) in [6, 6.07) is 23.7. The molecule has 1 aliphatic heterocycles. The first-order chi connectivity index (χ1) is 16.6. The minimum absolute atomic E-state index is 0.0282. The Hall–Kier alpha value is -3.78. The number of hydrogen-bond acceptors (Lipinski definition) is 6. The van der Waals surface area contributed by atoms with E-state index in [4.69, 9.17) is 9.47 Å². The molecule has 2 heterocycles. The van der Waals surface area contributed by atoms with Crippen molar-refractivity contribution in [3.05, 3.63) is 83.9 Å². The van der Waals surface area contributed by atoms with Crippen LogP contribution in [0.1, 0.15) is 11.1 Å². The van der Waals surface area contributed by atoms with E-state index in [2.05, 4.69) is 29.3 Å². The van der Waals surface area contributed by atoms with E-state index in [-0.39, 0.29) is 18.5 Å². The Balaban J connectivity index is 1.39. The average molecular weight is 473 g/mol. The molecule has 0 bridgehead atoms. The third-order valence-electron chi connectivity index (χ3n) is 5.70. The SMILES string of the molecule is Cc1ccccc1CN(C)C(=O)CSc1nnc(-c2ccc3c(c2)OCO3)n1-c1ccccc1. The fraction of sp³-hybridized carbons (Fsp3) is 0.192. The molecular formula is C26H24N4O3S. The van der Waals surface area contributed by atoms with E-state index in [1.54, 1.807) is 4.90 Å². The highest BCUT2D eigenvalue weighted by Gasteiger charge is 2.21. The van der Waals surface area contributed by atoms with Gasteiger partial charge in [-0.15, -0.1) is 10.2 Å². The molecule has 0 saturated carbocycles. The molecule has 0 aliphatic carbocycles. The minimum atomic E-state index is 0.0282. The quantitative estimate of drug-likeness (QED) is 0.363. The summed E-state index contributed by atoms with van der Waals surface area (Å²) in [5.41, 5.74) is 4.09. The van der Waals surface area contributed by atoms with Crippen LogP contribution in [0, 0.1) is 6.92 Å². The van der Waals surface area contributed by atoms with Crippen LogP contribution in [0.2, 0.25) is 0 Å². The molecule has 0 N–H and O–H groups in total. The van der Waals surface area contributed by atoms with Gasteiger partial charge in [-0.1, -0.05) is 54.2 Å². The van der Waals surface area contributed by atoms with E-state index >= 15 is 0 Å². The number of thioether (sulfide) groups is 1. The molecule has 8 heteroatoms. The summed E-state index contributed by atoms with van der Waals surface area (Å²) < 4.78 is 12.9. The summed E-state index contributed by atoms with van der Waals surface area (Å²) >= 11 is 1.38. The van der Waals surface area contributed by atoms with Crippen molar-refractivity contribution in [1.82, 2.24) is 19.7 Å². The molecule has 34 heavy (non-hydrogen) atoms. The number of carbonyl (C=O) groups excluding carboxylic acids is 1. The number of nitrogens with zero attached hydrogens (tertiary/aromatic N) is 4. The number of aryl methyl sites for hydroxylation is 1. The van der Waals surface area contributed by atoms with Gasteiger partial charge in [-0.25, -0.2) is 0 Å². The molecule has 0 fully saturated rings. The molecular weight excluding hydrogens is 448 g/mol. The average Bonchev–Trinajstić information content (AvgIpc) is 3.51. The summed E-state index contributed by atoms with van der Waals surface area (Å²) in [7, 11) is 1.83. The van der Waals surface area contributed by atoms with Crippen LogP contribution in [0.3, 0.4) is 0 Å². The van der Waals surface area contributed by atoms with E-state index in [1.807, 2.05) is 72.3 Å². The Labute approximate surface area is 202 Å². The maximum absolute atomic E-state index is 12.9. The lowest BCUT2D eigenvalue weighted by molar-refractivity contribution is -0.127. The second kappa shape index (κ2) is 9.61. The van der Waals surface area contributed by atoms with Crippen molar-refractivity contribution in [2.24, 2.45) is 0 Å². The molecule has 0 radical (unpaired) electrons. The van der Waals surface area contributed by atoms with E-state index in [0.717, 1.165) is 16.8 Å². The van der Waals surface area contributed by atoms with Crippen LogP contribution < -0.4 is 9.47 Å². The van der Waals surface area contributed by atoms with Crippen LogP contribution in [-0.4, -0.2) is 45.2 Å². The molecule has 7 nitrogen and oxygen atoms in total. The fourth-order valence-corrected chi connectivity index (χ4v) is 4.66. The van der Waals surface area contributed by atoms with Gasteiger partial charge in [-0.05, 0) is 48.4 Å². The molecule has 1 aromatic heterocycles. The Morgan fingerprint density at radius 3 is 2.59 bits per heavy atom. The largest absolute Gasteiger partial charge is 0.454 e. The van der Waals surface area contributed by atoms with Gasteiger partial charge in [-0.2, -0.15) is 0 Å². The van der Waals surface area contributed by atoms with Gasteiger partial charge in [0.05, 0.1) is 5.75 Å². The summed E-state index contributed by atoms with van der Waals surface area (Å²) in [5, 5.41) is 9.54. The molecule has 0 saturated heterocycles. The molecule has 0 spiro atoms. The first-order valence-corrected chi connectivity index (χ1v) is 11.9. The summed E-state index contributed by atoms with van der Waals surface area (Å²) in [6.07, 6.45) is 0. The normalized spacial score (nSPS) is 12.1. The number of fused-ring (bicyclic) bond motifs is 1. The second-order valence-corrected chi connectivity index (χ2v) is 8.95. The Morgan fingerprint density at radius 2 is 1.76 bits per heavy atom. The van der Waals surface area contributed by atoms with E-state index in [9.17, 15) is 4.79 Å². The van der Waals surface area contributed by atoms with Gasteiger partial charge in [0.15, 0.2) is 22.5 Å². The zero-order valence-corrected chi connectivity index (χ0v) is 19.8. The number of carbonyl (C=O) groups is 1. The van der Waals surface area contributed by atoms with Crippen LogP contribution in [0.15, 0.2) is 78.0 Å². The lowest BCUT2D eigenvalue weighted by Gasteiger charge is -2.18. The number of amides is 1. The molecule has 0 unspecified atom stereocenters. The molecule has 3 aromatic carbocycles. The predicted octanol–water partition coefficient (Wildman–Crippen LogP) is 4.72. The van der Waals surface area contributed by atoms with Crippen molar-refractivity contribution < 1.29 is 14.3 Å². The second-order valence-electron chi connectivity index (χ2n) is 8.01. The molecule has 1 amide bonds. The number of benzene rings is 3. The Bertz CT molecular complexity index is 1320. The number of hydrogen-bond donors (Lipinski definition) is 0. The zero-order valence-electron chi connectivity index (χ0n) is 19.0. The third kappa shape index (κ3) is 4.49. The predicted molar refractivity (Wildman–Crippen MR) is 131 cm³/mol. The summed E-state index contributed by atoms with van der Waals surface area (Å²) in [6.45, 7) is 2.84. The van der Waals surface area contributed by atoms with E-state index in [0.29, 0.717) is 29.0 Å². The topological polar surface area (TPSA) is 69.5 Å². The molecule has 5 rings (SSSR count). The minimum Gasteiger partial charge on any atom is -0.454 e. The van der Waals surface area contributed by atoms with E-state index < -0.39 is 0 Å². The van der Waals surface area contributed by atoms with Crippen molar-refractivity contribution >= 4 is 17.7 Å². The van der Waals surface area contributed by atoms with Crippen LogP contribution >= 0.6 is 11.8 Å². The number of aromatic nitrogens is 3. The molecule has 4 aromatic rings. The van der Waals surface area contributed by atoms with E-state index in [1.165, 1.54) is 17.3 Å². The first-order valence-electron chi connectivity index (χ1n) is 10.9. The number of ether oxygens (including phenoxy) is 2. The third-order valence-corrected chi connectivity index (χ3v) is 6.61. The van der Waals surface area contributed by atoms with Gasteiger partial charge in [-0.3, -0.25) is 9.36 Å². The molecule has 0 atom stereocenters. The van der Waals surface area contributed by atoms with Crippen molar-refractivity contribution in [3.63, 3.8) is 0 Å². The maximum atomic E-state index is 12.9.